The van der Waals surface area contributed by atoms with Crippen LogP contribution in [0.25, 0.3) is 0 Å². The molecule has 4 rings (SSSR count). The van der Waals surface area contributed by atoms with Crippen LogP contribution in [0.1, 0.15) is 36.8 Å². The number of ether oxygens (including phenoxy) is 2. The molecule has 0 aliphatic heterocycles. The minimum absolute atomic E-state index is 0.00476. The highest BCUT2D eigenvalue weighted by Gasteiger charge is 2.20. The summed E-state index contributed by atoms with van der Waals surface area (Å²) < 4.78 is 11.9. The highest BCUT2D eigenvalue weighted by Crippen LogP contribution is 2.37. The van der Waals surface area contributed by atoms with Gasteiger partial charge in [0.05, 0.1) is 19.6 Å². The van der Waals surface area contributed by atoms with Gasteiger partial charge in [-0.2, -0.15) is 0 Å². The van der Waals surface area contributed by atoms with Crippen LogP contribution in [0, 0.1) is 0 Å². The molecular formula is C26H28N2O4. The molecule has 6 nitrogen and oxygen atoms in total. The number of anilines is 2. The lowest BCUT2D eigenvalue weighted by Crippen LogP contribution is -2.17. The number of carboxylic acid groups (broad SMARTS) is 1. The Kier molecular flexibility index (Phi) is 6.90. The first-order valence-corrected chi connectivity index (χ1v) is 10.9. The number of nitrogens with zero attached hydrogens (tertiary/aromatic N) is 2. The lowest BCUT2D eigenvalue weighted by Gasteiger charge is -2.27. The van der Waals surface area contributed by atoms with Crippen molar-refractivity contribution in [2.24, 2.45) is 0 Å². The predicted molar refractivity (Wildman–Crippen MR) is 124 cm³/mol. The maximum atomic E-state index is 11.0. The predicted octanol–water partition coefficient (Wildman–Crippen LogP) is 5.38. The van der Waals surface area contributed by atoms with Crippen LogP contribution in [0.2, 0.25) is 0 Å². The largest absolute Gasteiger partial charge is 0.493 e. The van der Waals surface area contributed by atoms with E-state index >= 15 is 0 Å². The summed E-state index contributed by atoms with van der Waals surface area (Å²) in [6.45, 7) is 0.612. The fraction of sp³-hybridized carbons (Fsp3) is 0.308. The third kappa shape index (κ3) is 5.38. The van der Waals surface area contributed by atoms with Gasteiger partial charge < -0.3 is 19.5 Å². The highest BCUT2D eigenvalue weighted by atomic mass is 16.5. The van der Waals surface area contributed by atoms with Crippen molar-refractivity contribution >= 4 is 17.3 Å². The lowest BCUT2D eigenvalue weighted by molar-refractivity contribution is -0.136. The van der Waals surface area contributed by atoms with Gasteiger partial charge in [-0.3, -0.25) is 9.78 Å². The van der Waals surface area contributed by atoms with Gasteiger partial charge in [-0.05, 0) is 67.1 Å². The molecule has 0 saturated heterocycles. The van der Waals surface area contributed by atoms with Gasteiger partial charge in [-0.15, -0.1) is 0 Å². The average Bonchev–Trinajstić information content (AvgIpc) is 3.32. The van der Waals surface area contributed by atoms with Crippen molar-refractivity contribution in [3.63, 3.8) is 0 Å². The van der Waals surface area contributed by atoms with Crippen molar-refractivity contribution in [2.45, 2.75) is 44.8 Å². The maximum absolute atomic E-state index is 11.0. The number of aliphatic carboxylic acids is 1. The van der Waals surface area contributed by atoms with Crippen molar-refractivity contribution in [1.82, 2.24) is 4.98 Å². The van der Waals surface area contributed by atoms with Crippen LogP contribution >= 0.6 is 0 Å². The van der Waals surface area contributed by atoms with Crippen molar-refractivity contribution in [3.05, 3.63) is 78.1 Å². The van der Waals surface area contributed by atoms with Crippen LogP contribution in [0.5, 0.6) is 11.5 Å². The van der Waals surface area contributed by atoms with Crippen LogP contribution in [0.4, 0.5) is 11.4 Å². The number of rotatable bonds is 9. The Morgan fingerprint density at radius 1 is 1.03 bits per heavy atom. The van der Waals surface area contributed by atoms with Gasteiger partial charge in [0, 0.05) is 36.4 Å². The average molecular weight is 433 g/mol. The number of carbonyl (C=O) groups is 1. The first kappa shape index (κ1) is 21.7. The second kappa shape index (κ2) is 10.2. The van der Waals surface area contributed by atoms with E-state index in [0.29, 0.717) is 6.54 Å². The number of methoxy groups -OCH3 is 1. The smallest absolute Gasteiger partial charge is 0.307 e. The molecule has 0 spiro atoms. The molecule has 1 aromatic heterocycles. The molecule has 166 valence electrons. The lowest BCUT2D eigenvalue weighted by atomic mass is 10.1. The summed E-state index contributed by atoms with van der Waals surface area (Å²) in [6, 6.07) is 17.6. The van der Waals surface area contributed by atoms with E-state index in [4.69, 9.17) is 14.6 Å². The molecule has 1 fully saturated rings. The number of carboxylic acids is 1. The normalized spacial score (nSPS) is 13.7. The molecule has 0 radical (unpaired) electrons. The van der Waals surface area contributed by atoms with Crippen LogP contribution < -0.4 is 14.4 Å². The van der Waals surface area contributed by atoms with E-state index in [1.165, 1.54) is 12.8 Å². The second-order valence-electron chi connectivity index (χ2n) is 8.04. The molecule has 1 heterocycles. The highest BCUT2D eigenvalue weighted by molar-refractivity contribution is 5.71. The van der Waals surface area contributed by atoms with E-state index in [1.54, 1.807) is 13.3 Å². The minimum Gasteiger partial charge on any atom is -0.493 e. The standard InChI is InChI=1S/C26H28N2O4/c1-31-24-13-12-22(16-25(24)32-23-6-2-3-7-23)28(18-20-5-4-14-27-17-20)21-10-8-19(9-11-21)15-26(29)30/h4-5,8-14,16-17,23H,2-3,6-7,15,18H2,1H3,(H,29,30). The molecule has 1 N–H and O–H groups in total. The molecule has 0 bridgehead atoms. The van der Waals surface area contributed by atoms with E-state index in [-0.39, 0.29) is 12.5 Å². The van der Waals surface area contributed by atoms with Crippen molar-refractivity contribution < 1.29 is 19.4 Å². The van der Waals surface area contributed by atoms with Crippen molar-refractivity contribution in [3.8, 4) is 11.5 Å². The summed E-state index contributed by atoms with van der Waals surface area (Å²) in [5, 5.41) is 9.07. The molecule has 3 aromatic rings. The van der Waals surface area contributed by atoms with Gasteiger partial charge in [-0.25, -0.2) is 0 Å². The van der Waals surface area contributed by atoms with Crippen LogP contribution in [-0.4, -0.2) is 29.3 Å². The summed E-state index contributed by atoms with van der Waals surface area (Å²) in [5.74, 6) is 0.628. The Balaban J connectivity index is 1.68. The molecule has 1 saturated carbocycles. The molecule has 2 aromatic carbocycles. The summed E-state index contributed by atoms with van der Waals surface area (Å²) in [5.41, 5.74) is 3.76. The van der Waals surface area contributed by atoms with E-state index in [0.717, 1.165) is 46.8 Å². The Labute approximate surface area is 188 Å². The number of aromatic nitrogens is 1. The molecule has 0 amide bonds. The molecule has 1 aliphatic rings. The number of benzene rings is 2. The fourth-order valence-electron chi connectivity index (χ4n) is 4.09. The zero-order chi connectivity index (χ0) is 22.3. The first-order valence-electron chi connectivity index (χ1n) is 10.9. The topological polar surface area (TPSA) is 71.9 Å². The summed E-state index contributed by atoms with van der Waals surface area (Å²) >= 11 is 0. The van der Waals surface area contributed by atoms with Gasteiger partial charge in [0.15, 0.2) is 11.5 Å². The van der Waals surface area contributed by atoms with E-state index in [9.17, 15) is 4.79 Å². The number of pyridine rings is 1. The Morgan fingerprint density at radius 2 is 1.78 bits per heavy atom. The number of hydrogen-bond acceptors (Lipinski definition) is 5. The van der Waals surface area contributed by atoms with Crippen molar-refractivity contribution in [1.29, 1.82) is 0 Å². The molecule has 32 heavy (non-hydrogen) atoms. The Hall–Kier alpha value is -3.54. The van der Waals surface area contributed by atoms with E-state index in [2.05, 4.69) is 9.88 Å². The Morgan fingerprint density at radius 3 is 2.44 bits per heavy atom. The van der Waals surface area contributed by atoms with Crippen LogP contribution in [-0.2, 0) is 17.8 Å². The van der Waals surface area contributed by atoms with Crippen LogP contribution in [0.3, 0.4) is 0 Å². The van der Waals surface area contributed by atoms with Gasteiger partial charge >= 0.3 is 5.97 Å². The SMILES string of the molecule is COc1ccc(N(Cc2cccnc2)c2ccc(CC(=O)O)cc2)cc1OC1CCCC1. The van der Waals surface area contributed by atoms with Gasteiger partial charge in [0.1, 0.15) is 0 Å². The molecular weight excluding hydrogens is 404 g/mol. The molecule has 0 atom stereocenters. The summed E-state index contributed by atoms with van der Waals surface area (Å²) in [7, 11) is 1.66. The minimum atomic E-state index is -0.839. The quantitative estimate of drug-likeness (QED) is 0.490. The molecule has 1 aliphatic carbocycles. The fourth-order valence-corrected chi connectivity index (χ4v) is 4.09. The number of hydrogen-bond donors (Lipinski definition) is 1. The third-order valence-corrected chi connectivity index (χ3v) is 5.72. The zero-order valence-electron chi connectivity index (χ0n) is 18.2. The first-order chi connectivity index (χ1) is 15.6. The summed E-state index contributed by atoms with van der Waals surface area (Å²) in [4.78, 5) is 17.5. The third-order valence-electron chi connectivity index (χ3n) is 5.72. The van der Waals surface area contributed by atoms with Gasteiger partial charge in [0.25, 0.3) is 0 Å². The maximum Gasteiger partial charge on any atom is 0.307 e. The Bertz CT molecular complexity index is 1030. The van der Waals surface area contributed by atoms with Gasteiger partial charge in [0.2, 0.25) is 0 Å². The van der Waals surface area contributed by atoms with Crippen LogP contribution in [0.15, 0.2) is 67.0 Å². The summed E-state index contributed by atoms with van der Waals surface area (Å²) in [6.07, 6.45) is 8.37. The van der Waals surface area contributed by atoms with Gasteiger partial charge in [-0.1, -0.05) is 18.2 Å². The molecule has 6 heteroatoms. The van der Waals surface area contributed by atoms with E-state index in [1.807, 2.05) is 60.8 Å². The monoisotopic (exact) mass is 432 g/mol. The molecule has 0 unspecified atom stereocenters. The van der Waals surface area contributed by atoms with Crippen molar-refractivity contribution in [2.75, 3.05) is 12.0 Å². The zero-order valence-corrected chi connectivity index (χ0v) is 18.2. The van der Waals surface area contributed by atoms with E-state index < -0.39 is 5.97 Å². The second-order valence-corrected chi connectivity index (χ2v) is 8.04.